The van der Waals surface area contributed by atoms with Gasteiger partial charge in [-0.25, -0.2) is 0 Å². The fourth-order valence-corrected chi connectivity index (χ4v) is 2.26. The van der Waals surface area contributed by atoms with Crippen molar-refractivity contribution in [2.75, 3.05) is 0 Å². The van der Waals surface area contributed by atoms with Gasteiger partial charge in [0.2, 0.25) is 0 Å². The Labute approximate surface area is 89.6 Å². The van der Waals surface area contributed by atoms with Crippen LogP contribution in [0, 0.1) is 6.92 Å². The highest BCUT2D eigenvalue weighted by Gasteiger charge is 2.13. The van der Waals surface area contributed by atoms with E-state index >= 15 is 0 Å². The van der Waals surface area contributed by atoms with Crippen molar-refractivity contribution >= 4 is 37.6 Å². The van der Waals surface area contributed by atoms with Crippen molar-refractivity contribution in [3.05, 3.63) is 27.2 Å². The summed E-state index contributed by atoms with van der Waals surface area (Å²) < 4.78 is 30.7. The Morgan fingerprint density at radius 3 is 2.38 bits per heavy atom. The smallest absolute Gasteiger partial charge is 0.282 e. The summed E-state index contributed by atoms with van der Waals surface area (Å²) in [6.45, 7) is 1.65. The van der Waals surface area contributed by atoms with Crippen LogP contribution in [0.2, 0.25) is 5.02 Å². The summed E-state index contributed by atoms with van der Waals surface area (Å²) in [4.78, 5) is -0.165. The molecule has 0 fully saturated rings. The molecule has 0 saturated heterocycles. The second-order valence-corrected chi connectivity index (χ2v) is 5.16. The Kier molecular flexibility index (Phi) is 3.01. The summed E-state index contributed by atoms with van der Waals surface area (Å²) in [7, 11) is -4.15. The van der Waals surface area contributed by atoms with E-state index in [4.69, 9.17) is 16.2 Å². The van der Waals surface area contributed by atoms with Crippen molar-refractivity contribution in [3.8, 4) is 0 Å². The summed E-state index contributed by atoms with van der Waals surface area (Å²) in [5.41, 5.74) is 0.587. The number of halogens is 2. The number of hydrogen-bond acceptors (Lipinski definition) is 2. The van der Waals surface area contributed by atoms with Crippen molar-refractivity contribution in [1.82, 2.24) is 0 Å². The molecule has 0 unspecified atom stereocenters. The van der Waals surface area contributed by atoms with Crippen LogP contribution in [0.3, 0.4) is 0 Å². The Balaban J connectivity index is 3.47. The minimum atomic E-state index is -4.15. The Bertz CT molecular complexity index is 418. The molecule has 3 nitrogen and oxygen atoms in total. The highest BCUT2D eigenvalue weighted by molar-refractivity contribution is 9.10. The van der Waals surface area contributed by atoms with E-state index < -0.39 is 10.1 Å². The molecule has 0 aromatic heterocycles. The van der Waals surface area contributed by atoms with Crippen LogP contribution in [-0.2, 0) is 10.1 Å². The Morgan fingerprint density at radius 1 is 1.46 bits per heavy atom. The van der Waals surface area contributed by atoms with Crippen LogP contribution in [0.25, 0.3) is 0 Å². The van der Waals surface area contributed by atoms with E-state index in [9.17, 15) is 8.42 Å². The van der Waals surface area contributed by atoms with Crippen LogP contribution in [0.1, 0.15) is 5.56 Å². The van der Waals surface area contributed by atoms with Gasteiger partial charge in [-0.1, -0.05) is 11.6 Å². The molecule has 1 aromatic carbocycles. The van der Waals surface area contributed by atoms with Crippen molar-refractivity contribution < 1.29 is 13.0 Å². The second kappa shape index (κ2) is 3.57. The highest BCUT2D eigenvalue weighted by atomic mass is 79.9. The first-order valence-electron chi connectivity index (χ1n) is 3.25. The number of rotatable bonds is 1. The van der Waals surface area contributed by atoms with Crippen molar-refractivity contribution in [2.45, 2.75) is 11.8 Å². The molecule has 6 heteroatoms. The molecule has 0 radical (unpaired) electrons. The lowest BCUT2D eigenvalue weighted by atomic mass is 10.2. The molecule has 0 amide bonds. The summed E-state index contributed by atoms with van der Waals surface area (Å²) >= 11 is 8.86. The maximum atomic E-state index is 10.7. The first-order valence-corrected chi connectivity index (χ1v) is 5.86. The quantitative estimate of drug-likeness (QED) is 0.807. The van der Waals surface area contributed by atoms with Gasteiger partial charge in [0, 0.05) is 4.47 Å². The summed E-state index contributed by atoms with van der Waals surface area (Å²) in [5.74, 6) is 0. The molecule has 0 spiro atoms. The summed E-state index contributed by atoms with van der Waals surface area (Å²) in [5, 5.41) is 0.437. The molecule has 1 rings (SSSR count). The van der Waals surface area contributed by atoms with Crippen LogP contribution >= 0.6 is 27.5 Å². The van der Waals surface area contributed by atoms with Gasteiger partial charge in [0.25, 0.3) is 10.1 Å². The molecule has 13 heavy (non-hydrogen) atoms. The first-order chi connectivity index (χ1) is 5.82. The fourth-order valence-electron chi connectivity index (χ4n) is 0.844. The third-order valence-corrected chi connectivity index (χ3v) is 3.67. The molecule has 0 aliphatic carbocycles. The van der Waals surface area contributed by atoms with Gasteiger partial charge in [0.05, 0.1) is 9.92 Å². The lowest BCUT2D eigenvalue weighted by molar-refractivity contribution is 0.483. The average Bonchev–Trinajstić information content (AvgIpc) is 1.97. The standard InChI is InChI=1S/C7H6BrClO3S/c1-4-2-5(13(10,11)12)3-6(8)7(4)9/h2-3H,1H3,(H,10,11,12). The Morgan fingerprint density at radius 2 is 2.00 bits per heavy atom. The third-order valence-electron chi connectivity index (χ3n) is 1.48. The van der Waals surface area contributed by atoms with E-state index in [0.29, 0.717) is 15.1 Å². The lowest BCUT2D eigenvalue weighted by Crippen LogP contribution is -1.98. The zero-order valence-corrected chi connectivity index (χ0v) is 9.74. The maximum Gasteiger partial charge on any atom is 0.294 e. The molecule has 0 atom stereocenters. The summed E-state index contributed by atoms with van der Waals surface area (Å²) in [6, 6.07) is 2.56. The molecule has 1 N–H and O–H groups in total. The topological polar surface area (TPSA) is 54.4 Å². The molecular weight excluding hydrogens is 279 g/mol. The van der Waals surface area contributed by atoms with Gasteiger partial charge < -0.3 is 0 Å². The van der Waals surface area contributed by atoms with Crippen LogP contribution in [0.4, 0.5) is 0 Å². The van der Waals surface area contributed by atoms with E-state index in [0.717, 1.165) is 0 Å². The number of aryl methyl sites for hydroxylation is 1. The van der Waals surface area contributed by atoms with Crippen molar-refractivity contribution in [3.63, 3.8) is 0 Å². The second-order valence-electron chi connectivity index (χ2n) is 2.51. The van der Waals surface area contributed by atoms with Crippen LogP contribution in [-0.4, -0.2) is 13.0 Å². The van der Waals surface area contributed by atoms with Gasteiger partial charge in [-0.2, -0.15) is 8.42 Å². The van der Waals surface area contributed by atoms with E-state index in [1.807, 2.05) is 0 Å². The van der Waals surface area contributed by atoms with E-state index in [1.165, 1.54) is 12.1 Å². The molecule has 0 aliphatic rings. The first kappa shape index (κ1) is 11.0. The Hall–Kier alpha value is -0.100. The number of benzene rings is 1. The van der Waals surface area contributed by atoms with Gasteiger partial charge in [-0.3, -0.25) is 4.55 Å². The van der Waals surface area contributed by atoms with Crippen molar-refractivity contribution in [1.29, 1.82) is 0 Å². The zero-order valence-electron chi connectivity index (χ0n) is 6.58. The van der Waals surface area contributed by atoms with E-state index in [-0.39, 0.29) is 4.90 Å². The predicted octanol–water partition coefficient (Wildman–Crippen LogP) is 2.66. The molecule has 0 bridgehead atoms. The molecule has 0 heterocycles. The molecule has 1 aromatic rings. The van der Waals surface area contributed by atoms with E-state index in [2.05, 4.69) is 15.9 Å². The highest BCUT2D eigenvalue weighted by Crippen LogP contribution is 2.28. The minimum absolute atomic E-state index is 0.165. The molecular formula is C7H6BrClO3S. The minimum Gasteiger partial charge on any atom is -0.282 e. The zero-order chi connectivity index (χ0) is 10.2. The van der Waals surface area contributed by atoms with Gasteiger partial charge in [0.15, 0.2) is 0 Å². The van der Waals surface area contributed by atoms with Crippen LogP contribution in [0.5, 0.6) is 0 Å². The van der Waals surface area contributed by atoms with Gasteiger partial charge in [-0.05, 0) is 40.5 Å². The van der Waals surface area contributed by atoms with Gasteiger partial charge >= 0.3 is 0 Å². The van der Waals surface area contributed by atoms with Gasteiger partial charge in [0.1, 0.15) is 0 Å². The normalized spacial score (nSPS) is 11.7. The number of hydrogen-bond donors (Lipinski definition) is 1. The largest absolute Gasteiger partial charge is 0.294 e. The summed E-state index contributed by atoms with van der Waals surface area (Å²) in [6.07, 6.45) is 0. The van der Waals surface area contributed by atoms with Crippen molar-refractivity contribution in [2.24, 2.45) is 0 Å². The molecule has 72 valence electrons. The fraction of sp³-hybridized carbons (Fsp3) is 0.143. The van der Waals surface area contributed by atoms with Gasteiger partial charge in [-0.15, -0.1) is 0 Å². The molecule has 0 saturated carbocycles. The van der Waals surface area contributed by atoms with Crippen LogP contribution in [0.15, 0.2) is 21.5 Å². The average molecular weight is 286 g/mol. The lowest BCUT2D eigenvalue weighted by Gasteiger charge is -2.03. The third kappa shape index (κ3) is 2.43. The monoisotopic (exact) mass is 284 g/mol. The SMILES string of the molecule is Cc1cc(S(=O)(=O)O)cc(Br)c1Cl. The predicted molar refractivity (Wildman–Crippen MR) is 53.7 cm³/mol. The van der Waals surface area contributed by atoms with Crippen LogP contribution < -0.4 is 0 Å². The van der Waals surface area contributed by atoms with E-state index in [1.54, 1.807) is 6.92 Å². The molecule has 0 aliphatic heterocycles. The maximum absolute atomic E-state index is 10.7.